The van der Waals surface area contributed by atoms with E-state index in [1.54, 1.807) is 12.1 Å². The smallest absolute Gasteiger partial charge is 0.457 e. The number of hydrogen-bond acceptors (Lipinski definition) is 8. The van der Waals surface area contributed by atoms with Crippen molar-refractivity contribution in [1.82, 2.24) is 4.98 Å². The topological polar surface area (TPSA) is 109 Å². The highest BCUT2D eigenvalue weighted by Crippen LogP contribution is 2.31. The third-order valence-electron chi connectivity index (χ3n) is 8.06. The summed E-state index contributed by atoms with van der Waals surface area (Å²) in [6, 6.07) is 34.7. The van der Waals surface area contributed by atoms with Gasteiger partial charge in [0.1, 0.15) is 12.4 Å². The number of aryl methyl sites for hydroxylation is 3. The van der Waals surface area contributed by atoms with Crippen molar-refractivity contribution in [3.05, 3.63) is 154 Å². The molecule has 0 spiro atoms. The maximum absolute atomic E-state index is 13.9. The molecular formula is C42H36Cl2F3NO7S. The molecule has 0 fully saturated rings. The van der Waals surface area contributed by atoms with Crippen molar-refractivity contribution in [1.29, 1.82) is 0 Å². The fraction of sp³-hybridized carbons (Fsp3) is 0.167. The van der Waals surface area contributed by atoms with Crippen LogP contribution < -0.4 is 4.74 Å². The summed E-state index contributed by atoms with van der Waals surface area (Å²) in [5.41, 5.74) is 2.48. The Balaban J connectivity index is 0.000000506. The Morgan fingerprint density at radius 1 is 0.732 bits per heavy atom. The molecule has 1 aromatic heterocycles. The van der Waals surface area contributed by atoms with E-state index in [2.05, 4.69) is 41.4 Å². The predicted molar refractivity (Wildman–Crippen MR) is 214 cm³/mol. The predicted octanol–water partition coefficient (Wildman–Crippen LogP) is 11.0. The van der Waals surface area contributed by atoms with Crippen molar-refractivity contribution in [2.75, 3.05) is 12.4 Å². The van der Waals surface area contributed by atoms with Gasteiger partial charge >= 0.3 is 27.6 Å². The molecule has 0 unspecified atom stereocenters. The van der Waals surface area contributed by atoms with Gasteiger partial charge in [0, 0.05) is 10.8 Å². The SMILES string of the molecule is COS(=O)(=O)C(F)(F)F.Cc1ccc(/C=C/c2ccc3c(C(=O)Oc4c(C)cc(C(=O)OCc5ccccc5)cc4C)c4ccccc4nc3c2)cc1.ClCCl. The number of esters is 2. The molecule has 0 aliphatic carbocycles. The second-order valence-corrected chi connectivity index (χ2v) is 14.6. The summed E-state index contributed by atoms with van der Waals surface area (Å²) in [7, 11) is -4.89. The Morgan fingerprint density at radius 2 is 1.29 bits per heavy atom. The first-order valence-electron chi connectivity index (χ1n) is 16.7. The zero-order valence-electron chi connectivity index (χ0n) is 30.6. The third-order valence-corrected chi connectivity index (χ3v) is 9.07. The highest BCUT2D eigenvalue weighted by atomic mass is 35.5. The van der Waals surface area contributed by atoms with Crippen LogP contribution in [-0.4, -0.2) is 43.3 Å². The standard InChI is InChI=1S/C39H31NO4.C2H3F3O3S.CH2Cl2/c1-25-13-15-28(16-14-25)17-18-29-19-20-33-35(23-29)40-34-12-8-7-11-32(34)36(33)39(42)44-37-26(2)21-31(22-27(37)3)38(41)43-24-30-9-5-4-6-10-30;1-8-9(6,7)2(3,4)5;2-1-3/h4-23H,24H2,1-3H3;1H3;1H2/b18-17+;;. The number of pyridine rings is 1. The Morgan fingerprint density at radius 3 is 1.88 bits per heavy atom. The van der Waals surface area contributed by atoms with Crippen molar-refractivity contribution in [2.24, 2.45) is 0 Å². The van der Waals surface area contributed by atoms with E-state index in [1.807, 2.05) is 92.7 Å². The second-order valence-electron chi connectivity index (χ2n) is 12.1. The molecule has 0 bridgehead atoms. The Bertz CT molecular complexity index is 2430. The minimum Gasteiger partial charge on any atom is -0.457 e. The molecule has 0 aliphatic rings. The summed E-state index contributed by atoms with van der Waals surface area (Å²) in [5, 5.41) is 1.61. The molecule has 0 atom stereocenters. The molecule has 1 heterocycles. The molecule has 292 valence electrons. The molecular weight excluding hydrogens is 790 g/mol. The van der Waals surface area contributed by atoms with Crippen LogP contribution in [-0.2, 0) is 25.6 Å². The van der Waals surface area contributed by atoms with E-state index >= 15 is 0 Å². The Hall–Kier alpha value is -5.27. The Kier molecular flexibility index (Phi) is 15.2. The van der Waals surface area contributed by atoms with Crippen LogP contribution in [0.15, 0.2) is 109 Å². The fourth-order valence-corrected chi connectivity index (χ4v) is 5.57. The molecule has 0 amide bonds. The Labute approximate surface area is 332 Å². The van der Waals surface area contributed by atoms with Gasteiger partial charge in [0.05, 0.1) is 34.6 Å². The van der Waals surface area contributed by atoms with Crippen LogP contribution >= 0.6 is 23.2 Å². The molecule has 56 heavy (non-hydrogen) atoms. The van der Waals surface area contributed by atoms with Gasteiger partial charge in [-0.1, -0.05) is 103 Å². The fourth-order valence-electron chi connectivity index (χ4n) is 5.38. The summed E-state index contributed by atoms with van der Waals surface area (Å²) in [5.74, 6) is -0.500. The van der Waals surface area contributed by atoms with E-state index in [4.69, 9.17) is 37.7 Å². The lowest BCUT2D eigenvalue weighted by Crippen LogP contribution is -2.23. The molecule has 8 nitrogen and oxygen atoms in total. The van der Waals surface area contributed by atoms with E-state index in [9.17, 15) is 31.2 Å². The van der Waals surface area contributed by atoms with Crippen LogP contribution in [0.4, 0.5) is 13.2 Å². The number of aromatic nitrogens is 1. The number of para-hydroxylation sites is 1. The largest absolute Gasteiger partial charge is 0.523 e. The van der Waals surface area contributed by atoms with E-state index in [0.29, 0.717) is 56.9 Å². The molecule has 0 N–H and O–H groups in total. The van der Waals surface area contributed by atoms with Crippen LogP contribution in [0.1, 0.15) is 54.1 Å². The minimum atomic E-state index is -5.34. The van der Waals surface area contributed by atoms with Crippen LogP contribution in [0.25, 0.3) is 34.0 Å². The number of alkyl halides is 5. The van der Waals surface area contributed by atoms with Crippen molar-refractivity contribution in [2.45, 2.75) is 32.9 Å². The number of ether oxygens (including phenoxy) is 2. The first-order valence-corrected chi connectivity index (χ1v) is 19.2. The average Bonchev–Trinajstić information content (AvgIpc) is 3.17. The summed E-state index contributed by atoms with van der Waals surface area (Å²) in [4.78, 5) is 31.6. The lowest BCUT2D eigenvalue weighted by Gasteiger charge is -2.15. The van der Waals surface area contributed by atoms with E-state index < -0.39 is 27.6 Å². The number of fused-ring (bicyclic) bond motifs is 2. The zero-order chi connectivity index (χ0) is 41.0. The van der Waals surface area contributed by atoms with Crippen molar-refractivity contribution < 1.29 is 44.8 Å². The zero-order valence-corrected chi connectivity index (χ0v) is 32.9. The van der Waals surface area contributed by atoms with Crippen LogP contribution in [0.2, 0.25) is 0 Å². The summed E-state index contributed by atoms with van der Waals surface area (Å²) in [6.07, 6.45) is 4.10. The number of carbonyl (C=O) groups excluding carboxylic acids is 2. The van der Waals surface area contributed by atoms with Gasteiger partial charge in [0.15, 0.2) is 0 Å². The summed E-state index contributed by atoms with van der Waals surface area (Å²) in [6.45, 7) is 5.88. The number of nitrogens with zero attached hydrogens (tertiary/aromatic N) is 1. The molecule has 6 aromatic rings. The maximum Gasteiger partial charge on any atom is 0.523 e. The van der Waals surface area contributed by atoms with E-state index in [1.165, 1.54) is 5.56 Å². The number of benzene rings is 5. The van der Waals surface area contributed by atoms with Gasteiger partial charge < -0.3 is 9.47 Å². The van der Waals surface area contributed by atoms with Gasteiger partial charge in [-0.05, 0) is 72.9 Å². The molecule has 5 aromatic carbocycles. The lowest BCUT2D eigenvalue weighted by atomic mass is 10.0. The van der Waals surface area contributed by atoms with Crippen molar-refractivity contribution in [3.63, 3.8) is 0 Å². The monoisotopic (exact) mass is 825 g/mol. The minimum absolute atomic E-state index is 0.181. The van der Waals surface area contributed by atoms with Crippen LogP contribution in [0, 0.1) is 20.8 Å². The first-order chi connectivity index (χ1) is 26.6. The van der Waals surface area contributed by atoms with Gasteiger partial charge in [0.25, 0.3) is 0 Å². The van der Waals surface area contributed by atoms with E-state index in [0.717, 1.165) is 16.7 Å². The second kappa shape index (κ2) is 19.5. The third kappa shape index (κ3) is 11.4. The number of rotatable bonds is 8. The van der Waals surface area contributed by atoms with Gasteiger partial charge in [-0.3, -0.25) is 4.18 Å². The quantitative estimate of drug-likeness (QED) is 0.0284. The highest BCUT2D eigenvalue weighted by molar-refractivity contribution is 7.87. The average molecular weight is 827 g/mol. The maximum atomic E-state index is 13.9. The molecule has 0 saturated carbocycles. The molecule has 6 rings (SSSR count). The van der Waals surface area contributed by atoms with Gasteiger partial charge in [-0.2, -0.15) is 21.6 Å². The van der Waals surface area contributed by atoms with E-state index in [-0.39, 0.29) is 11.9 Å². The lowest BCUT2D eigenvalue weighted by molar-refractivity contribution is -0.0526. The van der Waals surface area contributed by atoms with Gasteiger partial charge in [-0.15, -0.1) is 23.2 Å². The van der Waals surface area contributed by atoms with Crippen molar-refractivity contribution in [3.8, 4) is 5.75 Å². The number of halogens is 5. The molecule has 14 heteroatoms. The van der Waals surface area contributed by atoms with Gasteiger partial charge in [-0.25, -0.2) is 14.6 Å². The highest BCUT2D eigenvalue weighted by Gasteiger charge is 2.46. The molecule has 0 aliphatic heterocycles. The normalized spacial score (nSPS) is 11.4. The van der Waals surface area contributed by atoms with Gasteiger partial charge in [0.2, 0.25) is 0 Å². The molecule has 0 saturated heterocycles. The molecule has 0 radical (unpaired) electrons. The van der Waals surface area contributed by atoms with Crippen LogP contribution in [0.5, 0.6) is 5.75 Å². The first kappa shape index (κ1) is 43.5. The number of carbonyl (C=O) groups is 2. The van der Waals surface area contributed by atoms with Crippen molar-refractivity contribution >= 4 is 79.2 Å². The number of hydrogen-bond donors (Lipinski definition) is 0. The summed E-state index contributed by atoms with van der Waals surface area (Å²) >= 11 is 9.53. The van der Waals surface area contributed by atoms with Crippen LogP contribution in [0.3, 0.4) is 0 Å². The summed E-state index contributed by atoms with van der Waals surface area (Å²) < 4.78 is 67.4.